The van der Waals surface area contributed by atoms with Gasteiger partial charge in [0, 0.05) is 38.4 Å². The van der Waals surface area contributed by atoms with E-state index in [-0.39, 0.29) is 0 Å². The molecule has 0 fully saturated rings. The molecule has 12 rings (SSSR count). The van der Waals surface area contributed by atoms with Gasteiger partial charge in [-0.05, 0) is 82.1 Å². The number of benzene rings is 7. The number of fused-ring (bicyclic) bond motifs is 8. The van der Waals surface area contributed by atoms with E-state index in [0.717, 1.165) is 44.8 Å². The van der Waals surface area contributed by atoms with Crippen LogP contribution in [0.2, 0.25) is 0 Å². The van der Waals surface area contributed by atoms with E-state index in [1.54, 1.807) is 0 Å². The first-order valence-corrected chi connectivity index (χ1v) is 17.8. The van der Waals surface area contributed by atoms with Crippen molar-refractivity contribution in [3.05, 3.63) is 170 Å². The molecule has 11 aromatic rings. The van der Waals surface area contributed by atoms with Crippen LogP contribution < -0.4 is 0 Å². The second-order valence-corrected chi connectivity index (χ2v) is 13.7. The number of aromatic nitrogens is 4. The van der Waals surface area contributed by atoms with E-state index >= 15 is 0 Å². The zero-order valence-corrected chi connectivity index (χ0v) is 28.0. The van der Waals surface area contributed by atoms with E-state index in [4.69, 9.17) is 9.97 Å². The number of rotatable bonds is 3. The van der Waals surface area contributed by atoms with Crippen LogP contribution in [0.15, 0.2) is 170 Å². The van der Waals surface area contributed by atoms with Crippen LogP contribution >= 0.6 is 0 Å². The molecule has 0 N–H and O–H groups in total. The molecule has 240 valence electrons. The van der Waals surface area contributed by atoms with Gasteiger partial charge in [-0.3, -0.25) is 4.57 Å². The van der Waals surface area contributed by atoms with Gasteiger partial charge < -0.3 is 4.57 Å². The lowest BCUT2D eigenvalue weighted by atomic mass is 9.91. The van der Waals surface area contributed by atoms with Crippen molar-refractivity contribution in [2.24, 2.45) is 0 Å². The molecule has 4 aromatic heterocycles. The van der Waals surface area contributed by atoms with Crippen molar-refractivity contribution in [2.45, 2.75) is 0 Å². The topological polar surface area (TPSA) is 35.6 Å². The Labute approximate surface area is 298 Å². The maximum Gasteiger partial charge on any atom is 0.138 e. The molecule has 0 atom stereocenters. The number of para-hydroxylation sites is 2. The summed E-state index contributed by atoms with van der Waals surface area (Å²) >= 11 is 0. The smallest absolute Gasteiger partial charge is 0.138 e. The minimum Gasteiger partial charge on any atom is -0.309 e. The molecule has 0 saturated heterocycles. The van der Waals surface area contributed by atoms with Crippen LogP contribution in [-0.4, -0.2) is 19.1 Å². The molecule has 0 aliphatic heterocycles. The zero-order valence-electron chi connectivity index (χ0n) is 28.0. The van der Waals surface area contributed by atoms with Gasteiger partial charge >= 0.3 is 0 Å². The monoisotopic (exact) mass is 660 g/mol. The Hall–Kier alpha value is -7.04. The molecule has 1 aliphatic carbocycles. The summed E-state index contributed by atoms with van der Waals surface area (Å²) in [5.41, 5.74) is 14.6. The van der Waals surface area contributed by atoms with Gasteiger partial charge in [0.1, 0.15) is 5.82 Å². The van der Waals surface area contributed by atoms with Gasteiger partial charge in [0.15, 0.2) is 0 Å². The van der Waals surface area contributed by atoms with Crippen molar-refractivity contribution in [1.82, 2.24) is 19.1 Å². The molecule has 4 heterocycles. The van der Waals surface area contributed by atoms with Crippen LogP contribution in [0.4, 0.5) is 0 Å². The molecule has 4 nitrogen and oxygen atoms in total. The molecule has 0 amide bonds. The fraction of sp³-hybridized carbons (Fsp3) is 0. The molecule has 7 aromatic carbocycles. The highest BCUT2D eigenvalue weighted by molar-refractivity contribution is 6.36. The predicted molar refractivity (Wildman–Crippen MR) is 216 cm³/mol. The van der Waals surface area contributed by atoms with Gasteiger partial charge in [-0.15, -0.1) is 0 Å². The first-order chi connectivity index (χ1) is 25.8. The fourth-order valence-electron chi connectivity index (χ4n) is 8.91. The van der Waals surface area contributed by atoms with Crippen LogP contribution in [-0.2, 0) is 0 Å². The van der Waals surface area contributed by atoms with Crippen LogP contribution in [0, 0.1) is 0 Å². The first kappa shape index (κ1) is 27.7. The Balaban J connectivity index is 1.28. The van der Waals surface area contributed by atoms with E-state index in [1.807, 2.05) is 6.07 Å². The van der Waals surface area contributed by atoms with Crippen LogP contribution in [0.5, 0.6) is 0 Å². The first-order valence-electron chi connectivity index (χ1n) is 17.8. The van der Waals surface area contributed by atoms with Crippen molar-refractivity contribution < 1.29 is 0 Å². The highest BCUT2D eigenvalue weighted by Crippen LogP contribution is 2.53. The van der Waals surface area contributed by atoms with Gasteiger partial charge in [-0.1, -0.05) is 115 Å². The minimum atomic E-state index is 0.866. The van der Waals surface area contributed by atoms with Crippen molar-refractivity contribution in [3.8, 4) is 45.0 Å². The number of nitrogens with zero attached hydrogens (tertiary/aromatic N) is 4. The molecule has 1 aliphatic rings. The molecule has 0 unspecified atom stereocenters. The van der Waals surface area contributed by atoms with E-state index in [0.29, 0.717) is 0 Å². The molecule has 0 bridgehead atoms. The Morgan fingerprint density at radius 3 is 1.98 bits per heavy atom. The van der Waals surface area contributed by atoms with Crippen molar-refractivity contribution in [1.29, 1.82) is 0 Å². The second kappa shape index (κ2) is 10.3. The summed E-state index contributed by atoms with van der Waals surface area (Å²) in [7, 11) is 0. The maximum absolute atomic E-state index is 5.34. The van der Waals surface area contributed by atoms with Gasteiger partial charge in [0.2, 0.25) is 0 Å². The van der Waals surface area contributed by atoms with Gasteiger partial charge in [-0.2, -0.15) is 0 Å². The number of hydrogen-bond acceptors (Lipinski definition) is 2. The van der Waals surface area contributed by atoms with Crippen LogP contribution in [0.1, 0.15) is 0 Å². The molecule has 52 heavy (non-hydrogen) atoms. The van der Waals surface area contributed by atoms with Crippen LogP contribution in [0.3, 0.4) is 0 Å². The summed E-state index contributed by atoms with van der Waals surface area (Å²) in [6, 6.07) is 61.1. The molecular weight excluding hydrogens is 633 g/mol. The summed E-state index contributed by atoms with van der Waals surface area (Å²) in [6.45, 7) is 0. The van der Waals surface area contributed by atoms with Crippen molar-refractivity contribution in [3.63, 3.8) is 0 Å². The van der Waals surface area contributed by atoms with E-state index < -0.39 is 0 Å². The Morgan fingerprint density at radius 2 is 1.10 bits per heavy atom. The second-order valence-electron chi connectivity index (χ2n) is 13.7. The molecular formula is C48H28N4. The largest absolute Gasteiger partial charge is 0.309 e. The molecule has 0 spiro atoms. The Bertz CT molecular complexity index is 3280. The summed E-state index contributed by atoms with van der Waals surface area (Å²) in [4.78, 5) is 10.4. The third-order valence-electron chi connectivity index (χ3n) is 11.0. The highest BCUT2D eigenvalue weighted by atomic mass is 15.1. The molecule has 4 heteroatoms. The van der Waals surface area contributed by atoms with Gasteiger partial charge in [0.25, 0.3) is 0 Å². The van der Waals surface area contributed by atoms with Crippen LogP contribution in [0.25, 0.3) is 110 Å². The average Bonchev–Trinajstić information content (AvgIpc) is 3.68. The number of pyridine rings is 2. The SMILES string of the molecule is c1ccc(-c2ccc3nc(-n4c5cc6c(c7c5c5c8c(cccc8ccc54)-c4ccccc4-7)c4ccccc4n6-c4ccccc4)ccc3n2)cc1. The predicted octanol–water partition coefficient (Wildman–Crippen LogP) is 12.3. The highest BCUT2D eigenvalue weighted by Gasteiger charge is 2.29. The number of hydrogen-bond donors (Lipinski definition) is 0. The quantitative estimate of drug-likeness (QED) is 0.189. The fourth-order valence-corrected chi connectivity index (χ4v) is 8.91. The van der Waals surface area contributed by atoms with Gasteiger partial charge in [-0.25, -0.2) is 9.97 Å². The standard InChI is InChI=1S/C48H28N4/c1-3-12-29(13-4-1)36-23-24-38-37(49-36)25-27-43(50-38)52-40-26-22-30-14-11-20-33-32-17-7-8-18-34(32)46-45-35-19-9-10-21-39(35)51(31-15-5-2-6-16-31)41(45)28-42(52)48(46)47(40)44(30)33/h1-28H. The summed E-state index contributed by atoms with van der Waals surface area (Å²) in [6.07, 6.45) is 0. The third-order valence-corrected chi connectivity index (χ3v) is 11.0. The maximum atomic E-state index is 5.34. The molecule has 0 radical (unpaired) electrons. The lowest BCUT2D eigenvalue weighted by molar-refractivity contribution is 1.10. The lowest BCUT2D eigenvalue weighted by Crippen LogP contribution is -2.00. The zero-order chi connectivity index (χ0) is 33.9. The van der Waals surface area contributed by atoms with E-state index in [2.05, 4.69) is 173 Å². The Morgan fingerprint density at radius 1 is 0.385 bits per heavy atom. The summed E-state index contributed by atoms with van der Waals surface area (Å²) in [5.74, 6) is 0.875. The van der Waals surface area contributed by atoms with E-state index in [1.165, 1.54) is 65.6 Å². The summed E-state index contributed by atoms with van der Waals surface area (Å²) < 4.78 is 4.82. The lowest BCUT2D eigenvalue weighted by Gasteiger charge is -2.15. The molecule has 0 saturated carbocycles. The summed E-state index contributed by atoms with van der Waals surface area (Å²) in [5, 5.41) is 7.58. The van der Waals surface area contributed by atoms with Crippen molar-refractivity contribution >= 4 is 65.4 Å². The average molecular weight is 661 g/mol. The third kappa shape index (κ3) is 3.65. The normalized spacial score (nSPS) is 12.2. The van der Waals surface area contributed by atoms with E-state index in [9.17, 15) is 0 Å². The van der Waals surface area contributed by atoms with Crippen molar-refractivity contribution in [2.75, 3.05) is 0 Å². The van der Waals surface area contributed by atoms with Gasteiger partial charge in [0.05, 0.1) is 38.8 Å². The minimum absolute atomic E-state index is 0.866. The Kier molecular flexibility index (Phi) is 5.47.